The first-order valence-corrected chi connectivity index (χ1v) is 10.1. The van der Waals surface area contributed by atoms with Gasteiger partial charge in [0.15, 0.2) is 0 Å². The largest absolute Gasteiger partial charge is 0.496 e. The highest BCUT2D eigenvalue weighted by Gasteiger charge is 2.29. The molecule has 1 aliphatic rings. The summed E-state index contributed by atoms with van der Waals surface area (Å²) in [7, 11) is 1.62. The lowest BCUT2D eigenvalue weighted by Gasteiger charge is -2.33. The van der Waals surface area contributed by atoms with Gasteiger partial charge in [0, 0.05) is 36.8 Å². The molecule has 0 spiro atoms. The third-order valence-corrected chi connectivity index (χ3v) is 5.20. The van der Waals surface area contributed by atoms with Gasteiger partial charge >= 0.3 is 0 Å². The first-order valence-electron chi connectivity index (χ1n) is 10.1. The summed E-state index contributed by atoms with van der Waals surface area (Å²) in [6, 6.07) is 11.3. The van der Waals surface area contributed by atoms with Crippen LogP contribution in [-0.2, 0) is 11.2 Å². The number of hydrogen-bond donors (Lipinski definition) is 1. The Hall–Kier alpha value is -2.89. The molecule has 2 heterocycles. The number of nitrogens with zero attached hydrogens (tertiary/aromatic N) is 2. The van der Waals surface area contributed by atoms with Crippen molar-refractivity contribution in [2.24, 2.45) is 0 Å². The van der Waals surface area contributed by atoms with Crippen LogP contribution in [0.5, 0.6) is 5.75 Å². The van der Waals surface area contributed by atoms with E-state index in [-0.39, 0.29) is 23.8 Å². The lowest BCUT2D eigenvalue weighted by molar-refractivity contribution is -0.131. The van der Waals surface area contributed by atoms with Gasteiger partial charge in [0.1, 0.15) is 5.75 Å². The number of methoxy groups -OCH3 is 1. The van der Waals surface area contributed by atoms with E-state index in [4.69, 9.17) is 4.74 Å². The molecule has 2 aromatic rings. The fraction of sp³-hybridized carbons (Fsp3) is 0.435. The van der Waals surface area contributed by atoms with Crippen molar-refractivity contribution < 1.29 is 14.3 Å². The third-order valence-electron chi connectivity index (χ3n) is 5.20. The second kappa shape index (κ2) is 9.54. The summed E-state index contributed by atoms with van der Waals surface area (Å²) in [6.07, 6.45) is 3.83. The number of aromatic nitrogens is 1. The van der Waals surface area contributed by atoms with E-state index in [1.54, 1.807) is 19.4 Å². The molecule has 0 saturated carbocycles. The van der Waals surface area contributed by atoms with E-state index >= 15 is 0 Å². The molecule has 1 aromatic carbocycles. The molecule has 6 heteroatoms. The van der Waals surface area contributed by atoms with Crippen molar-refractivity contribution in [1.82, 2.24) is 15.2 Å². The van der Waals surface area contributed by atoms with Crippen LogP contribution in [0.15, 0.2) is 42.6 Å². The average molecular weight is 396 g/mol. The van der Waals surface area contributed by atoms with E-state index in [9.17, 15) is 9.59 Å². The van der Waals surface area contributed by atoms with Gasteiger partial charge in [-0.05, 0) is 44.9 Å². The Morgan fingerprint density at radius 1 is 1.24 bits per heavy atom. The lowest BCUT2D eigenvalue weighted by Crippen LogP contribution is -2.41. The Morgan fingerprint density at radius 2 is 2.03 bits per heavy atom. The quantitative estimate of drug-likeness (QED) is 0.815. The fourth-order valence-corrected chi connectivity index (χ4v) is 3.83. The summed E-state index contributed by atoms with van der Waals surface area (Å²) in [5, 5.41) is 2.94. The summed E-state index contributed by atoms with van der Waals surface area (Å²) < 4.78 is 5.37. The van der Waals surface area contributed by atoms with E-state index < -0.39 is 0 Å². The predicted molar refractivity (Wildman–Crippen MR) is 112 cm³/mol. The fourth-order valence-electron chi connectivity index (χ4n) is 3.83. The van der Waals surface area contributed by atoms with Gasteiger partial charge in [-0.25, -0.2) is 0 Å². The minimum absolute atomic E-state index is 0.0551. The highest BCUT2D eigenvalue weighted by molar-refractivity contribution is 5.95. The first kappa shape index (κ1) is 20.8. The topological polar surface area (TPSA) is 71.5 Å². The maximum absolute atomic E-state index is 12.9. The van der Waals surface area contributed by atoms with Crippen molar-refractivity contribution in [3.63, 3.8) is 0 Å². The number of ether oxygens (including phenoxy) is 1. The number of carbonyl (C=O) groups is 2. The lowest BCUT2D eigenvalue weighted by atomic mass is 9.91. The third kappa shape index (κ3) is 5.13. The standard InChI is InChI=1S/C23H29N3O3/c1-16(2)25-23(28)19-10-6-12-24-22(19)18-9-7-13-26(15-18)21(27)14-17-8-4-5-11-20(17)29-3/h4-6,8,10-12,16,18H,7,9,13-15H2,1-3H3,(H,25,28)/t18-/m0/s1. The molecular formula is C23H29N3O3. The minimum atomic E-state index is -0.111. The molecule has 1 atom stereocenters. The molecule has 2 amide bonds. The van der Waals surface area contributed by atoms with E-state index in [1.165, 1.54) is 0 Å². The molecule has 0 aliphatic carbocycles. The van der Waals surface area contributed by atoms with Crippen LogP contribution in [0.2, 0.25) is 0 Å². The van der Waals surface area contributed by atoms with Gasteiger partial charge in [0.2, 0.25) is 5.91 Å². The molecule has 3 rings (SSSR count). The minimum Gasteiger partial charge on any atom is -0.496 e. The number of likely N-dealkylation sites (tertiary alicyclic amines) is 1. The monoisotopic (exact) mass is 395 g/mol. The molecule has 1 fully saturated rings. The van der Waals surface area contributed by atoms with E-state index in [2.05, 4.69) is 10.3 Å². The first-order chi connectivity index (χ1) is 14.0. The number of benzene rings is 1. The van der Waals surface area contributed by atoms with Crippen LogP contribution >= 0.6 is 0 Å². The average Bonchev–Trinajstić information content (AvgIpc) is 2.73. The number of carbonyl (C=O) groups excluding carboxylic acids is 2. The Bertz CT molecular complexity index is 866. The van der Waals surface area contributed by atoms with Gasteiger partial charge in [-0.15, -0.1) is 0 Å². The number of pyridine rings is 1. The number of hydrogen-bond acceptors (Lipinski definition) is 4. The van der Waals surface area contributed by atoms with E-state index in [0.29, 0.717) is 18.5 Å². The molecule has 1 aromatic heterocycles. The Morgan fingerprint density at radius 3 is 2.79 bits per heavy atom. The Kier molecular flexibility index (Phi) is 6.86. The maximum Gasteiger partial charge on any atom is 0.253 e. The number of nitrogens with one attached hydrogen (secondary N) is 1. The number of para-hydroxylation sites is 1. The van der Waals surface area contributed by atoms with Crippen molar-refractivity contribution in [3.8, 4) is 5.75 Å². The summed E-state index contributed by atoms with van der Waals surface area (Å²) >= 11 is 0. The molecule has 0 radical (unpaired) electrons. The molecule has 29 heavy (non-hydrogen) atoms. The summed E-state index contributed by atoms with van der Waals surface area (Å²) in [6.45, 7) is 5.18. The van der Waals surface area contributed by atoms with Gasteiger partial charge in [0.05, 0.1) is 24.8 Å². The molecular weight excluding hydrogens is 366 g/mol. The molecule has 1 saturated heterocycles. The van der Waals surface area contributed by atoms with Crippen molar-refractivity contribution in [2.75, 3.05) is 20.2 Å². The second-order valence-corrected chi connectivity index (χ2v) is 7.73. The molecule has 1 aliphatic heterocycles. The van der Waals surface area contributed by atoms with Crippen molar-refractivity contribution in [2.45, 2.75) is 45.1 Å². The summed E-state index contributed by atoms with van der Waals surface area (Å²) in [5.74, 6) is 0.746. The van der Waals surface area contributed by atoms with Gasteiger partial charge in [-0.2, -0.15) is 0 Å². The highest BCUT2D eigenvalue weighted by atomic mass is 16.5. The van der Waals surface area contributed by atoms with Crippen LogP contribution in [0, 0.1) is 0 Å². The maximum atomic E-state index is 12.9. The van der Waals surface area contributed by atoms with Crippen LogP contribution < -0.4 is 10.1 Å². The molecule has 6 nitrogen and oxygen atoms in total. The van der Waals surface area contributed by atoms with Gasteiger partial charge in [-0.1, -0.05) is 18.2 Å². The molecule has 0 unspecified atom stereocenters. The van der Waals surface area contributed by atoms with Crippen molar-refractivity contribution in [3.05, 3.63) is 59.4 Å². The smallest absolute Gasteiger partial charge is 0.253 e. The van der Waals surface area contributed by atoms with Gasteiger partial charge in [-0.3, -0.25) is 14.6 Å². The van der Waals surface area contributed by atoms with Crippen LogP contribution in [0.25, 0.3) is 0 Å². The van der Waals surface area contributed by atoms with Crippen LogP contribution in [0.1, 0.15) is 54.2 Å². The number of amides is 2. The summed E-state index contributed by atoms with van der Waals surface area (Å²) in [5.41, 5.74) is 2.27. The summed E-state index contributed by atoms with van der Waals surface area (Å²) in [4.78, 5) is 32.0. The normalized spacial score (nSPS) is 16.6. The van der Waals surface area contributed by atoms with E-state index in [1.807, 2.05) is 49.1 Å². The Labute approximate surface area is 172 Å². The predicted octanol–water partition coefficient (Wildman–Crippen LogP) is 3.18. The van der Waals surface area contributed by atoms with Crippen LogP contribution in [0.4, 0.5) is 0 Å². The zero-order valence-electron chi connectivity index (χ0n) is 17.4. The van der Waals surface area contributed by atoms with Gasteiger partial charge < -0.3 is 15.0 Å². The molecule has 0 bridgehead atoms. The molecule has 154 valence electrons. The Balaban J connectivity index is 1.74. The number of rotatable bonds is 6. The van der Waals surface area contributed by atoms with E-state index in [0.717, 1.165) is 36.4 Å². The van der Waals surface area contributed by atoms with Crippen LogP contribution in [-0.4, -0.2) is 47.9 Å². The highest BCUT2D eigenvalue weighted by Crippen LogP contribution is 2.29. The van der Waals surface area contributed by atoms with Crippen LogP contribution in [0.3, 0.4) is 0 Å². The zero-order chi connectivity index (χ0) is 20.8. The van der Waals surface area contributed by atoms with Crippen molar-refractivity contribution in [1.29, 1.82) is 0 Å². The zero-order valence-corrected chi connectivity index (χ0v) is 17.4. The SMILES string of the molecule is COc1ccccc1CC(=O)N1CCC[C@H](c2ncccc2C(=O)NC(C)C)C1. The van der Waals surface area contributed by atoms with Gasteiger partial charge in [0.25, 0.3) is 5.91 Å². The number of piperidine rings is 1. The van der Waals surface area contributed by atoms with Crippen molar-refractivity contribution >= 4 is 11.8 Å². The molecule has 1 N–H and O–H groups in total. The second-order valence-electron chi connectivity index (χ2n) is 7.73.